The van der Waals surface area contributed by atoms with E-state index in [1.807, 2.05) is 6.92 Å². The highest BCUT2D eigenvalue weighted by molar-refractivity contribution is 9.10. The van der Waals surface area contributed by atoms with Crippen molar-refractivity contribution in [3.63, 3.8) is 0 Å². The number of rotatable bonds is 4. The van der Waals surface area contributed by atoms with Gasteiger partial charge < -0.3 is 5.32 Å². The van der Waals surface area contributed by atoms with Gasteiger partial charge in [0.15, 0.2) is 10.3 Å². The molecule has 2 aromatic rings. The van der Waals surface area contributed by atoms with Crippen LogP contribution in [0.4, 0.5) is 11.6 Å². The number of nitrogens with one attached hydrogen (secondary N) is 1. The molecule has 100 valence electrons. The lowest BCUT2D eigenvalue weighted by Crippen LogP contribution is -2.06. The fraction of sp³-hybridized carbons (Fsp3) is 0.333. The molecule has 0 aliphatic heterocycles. The molecule has 0 aromatic carbocycles. The third-order valence-electron chi connectivity index (χ3n) is 2.31. The first-order valence-electron chi connectivity index (χ1n) is 5.35. The molecule has 0 aliphatic carbocycles. The standard InChI is InChI=1S/C9H10BrN7O2/c1-3-11-9-12-4-5(17(18)19)6(13-9)7-8(10)14-15-16(7)2/h4H,3H2,1-2H3,(H,11,12,13). The summed E-state index contributed by atoms with van der Waals surface area (Å²) in [6.07, 6.45) is 1.17. The summed E-state index contributed by atoms with van der Waals surface area (Å²) in [5, 5.41) is 21.5. The predicted octanol–water partition coefficient (Wildman–Crippen LogP) is 1.37. The van der Waals surface area contributed by atoms with Crippen LogP contribution in [-0.2, 0) is 7.05 Å². The van der Waals surface area contributed by atoms with Crippen LogP contribution in [0.5, 0.6) is 0 Å². The molecule has 2 heterocycles. The summed E-state index contributed by atoms with van der Waals surface area (Å²) in [4.78, 5) is 18.6. The average molecular weight is 328 g/mol. The molecule has 19 heavy (non-hydrogen) atoms. The van der Waals surface area contributed by atoms with Crippen molar-refractivity contribution in [2.45, 2.75) is 6.92 Å². The van der Waals surface area contributed by atoms with Crippen LogP contribution in [-0.4, -0.2) is 36.4 Å². The summed E-state index contributed by atoms with van der Waals surface area (Å²) in [6, 6.07) is 0. The van der Waals surface area contributed by atoms with Crippen molar-refractivity contribution in [2.24, 2.45) is 7.05 Å². The maximum Gasteiger partial charge on any atom is 0.315 e. The van der Waals surface area contributed by atoms with E-state index in [4.69, 9.17) is 0 Å². The molecule has 0 radical (unpaired) electrons. The van der Waals surface area contributed by atoms with Gasteiger partial charge in [0.05, 0.1) is 4.92 Å². The number of anilines is 1. The minimum atomic E-state index is -0.537. The Balaban J connectivity index is 2.64. The summed E-state index contributed by atoms with van der Waals surface area (Å²) in [7, 11) is 1.63. The number of aromatic nitrogens is 5. The molecule has 2 rings (SSSR count). The van der Waals surface area contributed by atoms with Crippen LogP contribution < -0.4 is 5.32 Å². The predicted molar refractivity (Wildman–Crippen MR) is 70.5 cm³/mol. The number of hydrogen-bond donors (Lipinski definition) is 1. The molecule has 0 unspecified atom stereocenters. The van der Waals surface area contributed by atoms with E-state index >= 15 is 0 Å². The van der Waals surface area contributed by atoms with Crippen LogP contribution in [0.25, 0.3) is 11.4 Å². The van der Waals surface area contributed by atoms with Gasteiger partial charge in [0.25, 0.3) is 0 Å². The van der Waals surface area contributed by atoms with E-state index in [9.17, 15) is 10.1 Å². The maximum absolute atomic E-state index is 11.0. The topological polar surface area (TPSA) is 112 Å². The molecule has 0 fully saturated rings. The number of nitro groups is 1. The van der Waals surface area contributed by atoms with E-state index in [0.717, 1.165) is 0 Å². The Morgan fingerprint density at radius 1 is 1.58 bits per heavy atom. The fourth-order valence-electron chi connectivity index (χ4n) is 1.51. The molecular formula is C9H10BrN7O2. The first-order valence-corrected chi connectivity index (χ1v) is 6.14. The summed E-state index contributed by atoms with van der Waals surface area (Å²) in [5.41, 5.74) is 0.385. The largest absolute Gasteiger partial charge is 0.354 e. The lowest BCUT2D eigenvalue weighted by atomic mass is 10.3. The molecule has 9 nitrogen and oxygen atoms in total. The zero-order chi connectivity index (χ0) is 14.0. The van der Waals surface area contributed by atoms with Crippen LogP contribution in [0.1, 0.15) is 6.92 Å². The minimum absolute atomic E-state index is 0.162. The second kappa shape index (κ2) is 5.26. The first kappa shape index (κ1) is 13.3. The zero-order valence-corrected chi connectivity index (χ0v) is 11.7. The van der Waals surface area contributed by atoms with Gasteiger partial charge in [-0.3, -0.25) is 10.1 Å². The van der Waals surface area contributed by atoms with Gasteiger partial charge in [-0.05, 0) is 22.9 Å². The highest BCUT2D eigenvalue weighted by Gasteiger charge is 2.24. The number of nitrogens with zero attached hydrogens (tertiary/aromatic N) is 6. The molecule has 1 N–H and O–H groups in total. The van der Waals surface area contributed by atoms with E-state index in [2.05, 4.69) is 41.5 Å². The van der Waals surface area contributed by atoms with Crippen LogP contribution in [0.15, 0.2) is 10.8 Å². The summed E-state index contributed by atoms with van der Waals surface area (Å²) in [5.74, 6) is 0.316. The maximum atomic E-state index is 11.0. The SMILES string of the molecule is CCNc1ncc([N+](=O)[O-])c(-c2c(Br)nnn2C)n1. The van der Waals surface area contributed by atoms with E-state index in [1.54, 1.807) is 7.05 Å². The first-order chi connectivity index (χ1) is 9.04. The Kier molecular flexibility index (Phi) is 3.69. The van der Waals surface area contributed by atoms with Gasteiger partial charge in [0.2, 0.25) is 5.95 Å². The van der Waals surface area contributed by atoms with Crippen LogP contribution >= 0.6 is 15.9 Å². The van der Waals surface area contributed by atoms with Crippen molar-refractivity contribution >= 4 is 27.6 Å². The molecule has 0 atom stereocenters. The van der Waals surface area contributed by atoms with E-state index in [0.29, 0.717) is 22.8 Å². The molecule has 0 aliphatic rings. The van der Waals surface area contributed by atoms with Gasteiger partial charge >= 0.3 is 5.69 Å². The monoisotopic (exact) mass is 327 g/mol. The molecule has 0 saturated carbocycles. The van der Waals surface area contributed by atoms with E-state index in [1.165, 1.54) is 10.9 Å². The average Bonchev–Trinajstić information content (AvgIpc) is 2.69. The van der Waals surface area contributed by atoms with Crippen molar-refractivity contribution in [3.05, 3.63) is 20.9 Å². The van der Waals surface area contributed by atoms with Crippen molar-refractivity contribution in [2.75, 3.05) is 11.9 Å². The Bertz CT molecular complexity index is 608. The van der Waals surface area contributed by atoms with Crippen molar-refractivity contribution in [1.82, 2.24) is 25.0 Å². The zero-order valence-electron chi connectivity index (χ0n) is 10.2. The second-order valence-corrected chi connectivity index (χ2v) is 4.32. The molecule has 0 saturated heterocycles. The summed E-state index contributed by atoms with van der Waals surface area (Å²) >= 11 is 3.20. The van der Waals surface area contributed by atoms with Gasteiger partial charge in [-0.15, -0.1) is 5.10 Å². The molecule has 0 spiro atoms. The van der Waals surface area contributed by atoms with E-state index in [-0.39, 0.29) is 11.4 Å². The van der Waals surface area contributed by atoms with Crippen molar-refractivity contribution in [3.8, 4) is 11.4 Å². The lowest BCUT2D eigenvalue weighted by molar-refractivity contribution is -0.384. The summed E-state index contributed by atoms with van der Waals surface area (Å²) in [6.45, 7) is 2.49. The molecule has 2 aromatic heterocycles. The van der Waals surface area contributed by atoms with Gasteiger partial charge in [-0.1, -0.05) is 5.21 Å². The van der Waals surface area contributed by atoms with Gasteiger partial charge in [-0.2, -0.15) is 0 Å². The number of halogens is 1. The molecule has 0 amide bonds. The highest BCUT2D eigenvalue weighted by Crippen LogP contribution is 2.31. The van der Waals surface area contributed by atoms with Gasteiger partial charge in [-0.25, -0.2) is 14.6 Å². The van der Waals surface area contributed by atoms with E-state index < -0.39 is 4.92 Å². The molecule has 0 bridgehead atoms. The van der Waals surface area contributed by atoms with Gasteiger partial charge in [0.1, 0.15) is 11.9 Å². The quantitative estimate of drug-likeness (QED) is 0.666. The van der Waals surface area contributed by atoms with Crippen molar-refractivity contribution in [1.29, 1.82) is 0 Å². The normalized spacial score (nSPS) is 10.5. The van der Waals surface area contributed by atoms with Crippen molar-refractivity contribution < 1.29 is 4.92 Å². The fourth-order valence-corrected chi connectivity index (χ4v) is 2.02. The third-order valence-corrected chi connectivity index (χ3v) is 2.85. The number of hydrogen-bond acceptors (Lipinski definition) is 7. The second-order valence-electron chi connectivity index (χ2n) is 3.57. The Morgan fingerprint density at radius 2 is 2.32 bits per heavy atom. The summed E-state index contributed by atoms with van der Waals surface area (Å²) < 4.78 is 1.80. The minimum Gasteiger partial charge on any atom is -0.354 e. The smallest absolute Gasteiger partial charge is 0.315 e. The Morgan fingerprint density at radius 3 is 2.84 bits per heavy atom. The van der Waals surface area contributed by atoms with Crippen LogP contribution in [0, 0.1) is 10.1 Å². The Hall–Kier alpha value is -2.10. The van der Waals surface area contributed by atoms with Crippen LogP contribution in [0.3, 0.4) is 0 Å². The van der Waals surface area contributed by atoms with Gasteiger partial charge in [0, 0.05) is 13.6 Å². The van der Waals surface area contributed by atoms with Crippen LogP contribution in [0.2, 0.25) is 0 Å². The molecule has 10 heteroatoms. The molecular weight excluding hydrogens is 318 g/mol. The lowest BCUT2D eigenvalue weighted by Gasteiger charge is -2.05. The Labute approximate surface area is 116 Å². The highest BCUT2D eigenvalue weighted by atomic mass is 79.9. The third kappa shape index (κ3) is 2.52. The number of aryl methyl sites for hydroxylation is 1.